The minimum absolute atomic E-state index is 0.343. The molecule has 0 N–H and O–H groups in total. The van der Waals surface area contributed by atoms with Crippen molar-refractivity contribution >= 4 is 69.2 Å². The van der Waals surface area contributed by atoms with E-state index < -0.39 is 0 Å². The number of rotatable bonds is 7. The van der Waals surface area contributed by atoms with E-state index in [9.17, 15) is 0 Å². The molecule has 2 nitrogen and oxygen atoms in total. The molecular formula is C58H46N2S2. The third-order valence-electron chi connectivity index (χ3n) is 13.5. The number of hydrogen-bond donors (Lipinski definition) is 0. The molecule has 7 aromatic rings. The van der Waals surface area contributed by atoms with Crippen molar-refractivity contribution in [2.24, 2.45) is 5.92 Å². The second-order valence-electron chi connectivity index (χ2n) is 17.0. The minimum atomic E-state index is 0.343. The molecule has 300 valence electrons. The van der Waals surface area contributed by atoms with Crippen LogP contribution in [-0.4, -0.2) is 0 Å². The molecular weight excluding hydrogens is 789 g/mol. The molecule has 7 aromatic carbocycles. The zero-order chi connectivity index (χ0) is 41.1. The van der Waals surface area contributed by atoms with Crippen LogP contribution in [0.2, 0.25) is 0 Å². The molecule has 62 heavy (non-hydrogen) atoms. The molecule has 12 rings (SSSR count). The SMILES string of the molecule is CCc1ccccc1CC1c2cc(/C=C/c3ccc(N4c5ccccc5Sc5ccccc54)c4ccccc34)ccc2C2C=CC(N3C4=C(CCC=C4)Sc4ccccc43)=CC21. The molecule has 0 amide bonds. The lowest BCUT2D eigenvalue weighted by Crippen LogP contribution is -2.27. The molecule has 0 saturated carbocycles. The Labute approximate surface area is 373 Å². The molecule has 0 fully saturated rings. The Morgan fingerprint density at radius 3 is 2.05 bits per heavy atom. The summed E-state index contributed by atoms with van der Waals surface area (Å²) in [7, 11) is 0. The number of allylic oxidation sites excluding steroid dienone is 6. The van der Waals surface area contributed by atoms with Crippen molar-refractivity contribution < 1.29 is 0 Å². The van der Waals surface area contributed by atoms with Crippen molar-refractivity contribution in [3.8, 4) is 0 Å². The van der Waals surface area contributed by atoms with Gasteiger partial charge < -0.3 is 9.80 Å². The fourth-order valence-electron chi connectivity index (χ4n) is 10.6. The number of hydrogen-bond acceptors (Lipinski definition) is 4. The monoisotopic (exact) mass is 834 g/mol. The van der Waals surface area contributed by atoms with Crippen LogP contribution in [0.3, 0.4) is 0 Å². The van der Waals surface area contributed by atoms with Crippen molar-refractivity contribution in [1.29, 1.82) is 0 Å². The van der Waals surface area contributed by atoms with E-state index in [1.165, 1.54) is 97.9 Å². The lowest BCUT2D eigenvalue weighted by molar-refractivity contribution is 0.503. The van der Waals surface area contributed by atoms with Gasteiger partial charge in [-0.3, -0.25) is 0 Å². The third-order valence-corrected chi connectivity index (χ3v) is 15.9. The van der Waals surface area contributed by atoms with Crippen molar-refractivity contribution in [2.45, 2.75) is 59.1 Å². The zero-order valence-corrected chi connectivity index (χ0v) is 36.4. The second kappa shape index (κ2) is 15.6. The normalized spacial score (nSPS) is 19.5. The lowest BCUT2D eigenvalue weighted by Gasteiger charge is -2.38. The first-order valence-corrected chi connectivity index (χ1v) is 23.8. The van der Waals surface area contributed by atoms with E-state index in [2.05, 4.69) is 211 Å². The van der Waals surface area contributed by atoms with Crippen molar-refractivity contribution in [1.82, 2.24) is 0 Å². The van der Waals surface area contributed by atoms with Crippen molar-refractivity contribution in [3.05, 3.63) is 232 Å². The van der Waals surface area contributed by atoms with Crippen LogP contribution in [-0.2, 0) is 12.8 Å². The average molecular weight is 835 g/mol. The number of thioether (sulfide) groups is 1. The summed E-state index contributed by atoms with van der Waals surface area (Å²) < 4.78 is 0. The summed E-state index contributed by atoms with van der Waals surface area (Å²) in [5.41, 5.74) is 15.9. The zero-order valence-electron chi connectivity index (χ0n) is 34.7. The van der Waals surface area contributed by atoms with Crippen LogP contribution >= 0.6 is 23.5 Å². The Kier molecular flexibility index (Phi) is 9.46. The van der Waals surface area contributed by atoms with E-state index in [0.29, 0.717) is 17.8 Å². The predicted molar refractivity (Wildman–Crippen MR) is 264 cm³/mol. The Hall–Kier alpha value is -6.20. The fourth-order valence-corrected chi connectivity index (χ4v) is 12.8. The lowest BCUT2D eigenvalue weighted by atomic mass is 9.79. The molecule has 2 aliphatic heterocycles. The van der Waals surface area contributed by atoms with Crippen LogP contribution in [0.25, 0.3) is 22.9 Å². The topological polar surface area (TPSA) is 6.48 Å². The number of para-hydroxylation sites is 3. The summed E-state index contributed by atoms with van der Waals surface area (Å²) in [6.45, 7) is 2.29. The highest BCUT2D eigenvalue weighted by Crippen LogP contribution is 2.55. The van der Waals surface area contributed by atoms with Crippen LogP contribution in [0.5, 0.6) is 0 Å². The summed E-state index contributed by atoms with van der Waals surface area (Å²) in [4.78, 5) is 10.4. The Morgan fingerprint density at radius 2 is 1.27 bits per heavy atom. The van der Waals surface area contributed by atoms with Crippen LogP contribution in [0.1, 0.15) is 65.0 Å². The number of fused-ring (bicyclic) bond motifs is 7. The van der Waals surface area contributed by atoms with Crippen LogP contribution < -0.4 is 9.80 Å². The average Bonchev–Trinajstić information content (AvgIpc) is 3.63. The number of anilines is 4. The second-order valence-corrected chi connectivity index (χ2v) is 19.2. The summed E-state index contributed by atoms with van der Waals surface area (Å²) >= 11 is 3.81. The van der Waals surface area contributed by atoms with Gasteiger partial charge >= 0.3 is 0 Å². The standard InChI is InChI=1S/C58H46N2S2/c1-2-39-15-3-4-16-41(39)36-48-47-35-38(28-32-44(47)45-33-31-42(37-49(45)48)59-51-19-7-11-23-55(51)61-56-24-12-8-20-52(56)59)27-29-40-30-34-50(46-18-6-5-17-43(40)46)60-53-21-9-13-25-57(53)62-58-26-14-10-22-54(58)60/h3-11,13-23,25-35,37,45,48-49H,2,12,24,36H2,1H3/b29-27+. The Balaban J connectivity index is 0.924. The maximum atomic E-state index is 2.63. The van der Waals surface area contributed by atoms with E-state index in [1.807, 2.05) is 23.5 Å². The highest BCUT2D eigenvalue weighted by Gasteiger charge is 2.41. The van der Waals surface area contributed by atoms with Gasteiger partial charge in [0.25, 0.3) is 0 Å². The van der Waals surface area contributed by atoms with Gasteiger partial charge in [-0.1, -0.05) is 170 Å². The maximum absolute atomic E-state index is 2.63. The molecule has 0 aromatic heterocycles. The largest absolute Gasteiger partial charge is 0.309 e. The van der Waals surface area contributed by atoms with E-state index in [4.69, 9.17) is 0 Å². The molecule has 2 heterocycles. The summed E-state index contributed by atoms with van der Waals surface area (Å²) in [5.74, 6) is 1.05. The summed E-state index contributed by atoms with van der Waals surface area (Å²) in [6.07, 6.45) is 21.2. The van der Waals surface area contributed by atoms with Gasteiger partial charge in [0, 0.05) is 36.6 Å². The van der Waals surface area contributed by atoms with Gasteiger partial charge in [-0.2, -0.15) is 0 Å². The van der Waals surface area contributed by atoms with E-state index in [0.717, 1.165) is 25.7 Å². The molecule has 0 saturated heterocycles. The van der Waals surface area contributed by atoms with Crippen LogP contribution in [0.15, 0.2) is 213 Å². The first-order valence-electron chi connectivity index (χ1n) is 22.1. The van der Waals surface area contributed by atoms with Crippen LogP contribution in [0.4, 0.5) is 22.7 Å². The van der Waals surface area contributed by atoms with Gasteiger partial charge in [-0.15, -0.1) is 0 Å². The smallest absolute Gasteiger partial charge is 0.0601 e. The Morgan fingerprint density at radius 1 is 0.597 bits per heavy atom. The van der Waals surface area contributed by atoms with E-state index in [1.54, 1.807) is 0 Å². The third kappa shape index (κ3) is 6.34. The van der Waals surface area contributed by atoms with Gasteiger partial charge in [-0.05, 0) is 131 Å². The maximum Gasteiger partial charge on any atom is 0.0601 e. The number of benzene rings is 7. The predicted octanol–water partition coefficient (Wildman–Crippen LogP) is 16.2. The molecule has 0 bridgehead atoms. The quantitative estimate of drug-likeness (QED) is 0.148. The molecule has 5 aliphatic rings. The first-order chi connectivity index (χ1) is 30.7. The van der Waals surface area contributed by atoms with Crippen molar-refractivity contribution in [2.75, 3.05) is 9.80 Å². The Bertz CT molecular complexity index is 3050. The number of aryl methyl sites for hydroxylation is 1. The molecule has 3 atom stereocenters. The van der Waals surface area contributed by atoms with E-state index in [-0.39, 0.29) is 0 Å². The minimum Gasteiger partial charge on any atom is -0.309 e. The van der Waals surface area contributed by atoms with Gasteiger partial charge in [0.2, 0.25) is 0 Å². The number of nitrogens with zero attached hydrogens (tertiary/aromatic N) is 2. The van der Waals surface area contributed by atoms with Gasteiger partial charge in [0.1, 0.15) is 0 Å². The van der Waals surface area contributed by atoms with Gasteiger partial charge in [0.05, 0.1) is 28.4 Å². The first kappa shape index (κ1) is 37.6. The molecule has 3 unspecified atom stereocenters. The van der Waals surface area contributed by atoms with E-state index >= 15 is 0 Å². The highest BCUT2D eigenvalue weighted by molar-refractivity contribution is 8.03. The van der Waals surface area contributed by atoms with Gasteiger partial charge in [0.15, 0.2) is 0 Å². The van der Waals surface area contributed by atoms with Crippen molar-refractivity contribution in [3.63, 3.8) is 0 Å². The molecule has 4 heteroatoms. The molecule has 3 aliphatic carbocycles. The molecule has 0 spiro atoms. The van der Waals surface area contributed by atoms with Gasteiger partial charge in [-0.25, -0.2) is 0 Å². The molecule has 0 radical (unpaired) electrons. The highest BCUT2D eigenvalue weighted by atomic mass is 32.2. The van der Waals surface area contributed by atoms with Crippen LogP contribution in [0, 0.1) is 5.92 Å². The fraction of sp³-hybridized carbons (Fsp3) is 0.138. The summed E-state index contributed by atoms with van der Waals surface area (Å²) in [6, 6.07) is 56.5. The summed E-state index contributed by atoms with van der Waals surface area (Å²) in [5, 5.41) is 2.50.